The predicted octanol–water partition coefficient (Wildman–Crippen LogP) is 4.20. The molecule has 0 spiro atoms. The zero-order chi connectivity index (χ0) is 25.0. The molecule has 1 fully saturated rings. The summed E-state index contributed by atoms with van der Waals surface area (Å²) in [5, 5.41) is 2.76. The van der Waals surface area contributed by atoms with Gasteiger partial charge in [-0.2, -0.15) is 13.2 Å². The first-order chi connectivity index (χ1) is 16.0. The number of aryl methyl sites for hydroxylation is 2. The third-order valence-corrected chi connectivity index (χ3v) is 5.80. The fourth-order valence-electron chi connectivity index (χ4n) is 4.21. The van der Waals surface area contributed by atoms with E-state index < -0.39 is 24.6 Å². The number of amides is 1. The van der Waals surface area contributed by atoms with Crippen LogP contribution in [0.15, 0.2) is 36.4 Å². The lowest BCUT2D eigenvalue weighted by Crippen LogP contribution is -2.27. The second-order valence-electron chi connectivity index (χ2n) is 8.41. The van der Waals surface area contributed by atoms with Gasteiger partial charge in [0.25, 0.3) is 0 Å². The Morgan fingerprint density at radius 2 is 1.68 bits per heavy atom. The minimum atomic E-state index is -4.47. The highest BCUT2D eigenvalue weighted by Gasteiger charge is 2.44. The monoisotopic (exact) mass is 477 g/mol. The van der Waals surface area contributed by atoms with Gasteiger partial charge in [-0.15, -0.1) is 0 Å². The molecule has 3 rings (SSSR count). The van der Waals surface area contributed by atoms with E-state index in [2.05, 4.69) is 5.32 Å². The Kier molecular flexibility index (Phi) is 7.64. The maximum absolute atomic E-state index is 13.0. The Labute approximate surface area is 195 Å². The molecule has 0 aliphatic heterocycles. The van der Waals surface area contributed by atoms with E-state index in [0.717, 1.165) is 5.56 Å². The van der Waals surface area contributed by atoms with Crippen LogP contribution in [0.5, 0.6) is 11.5 Å². The Hall–Kier alpha value is -3.36. The molecule has 34 heavy (non-hydrogen) atoms. The van der Waals surface area contributed by atoms with Gasteiger partial charge in [0.2, 0.25) is 5.91 Å². The largest absolute Gasteiger partial charge is 0.497 e. The van der Waals surface area contributed by atoms with Crippen LogP contribution in [0.2, 0.25) is 0 Å². The molecule has 0 bridgehead atoms. The van der Waals surface area contributed by atoms with Crippen molar-refractivity contribution in [2.24, 2.45) is 5.92 Å². The molecule has 1 N–H and O–H groups in total. The third-order valence-electron chi connectivity index (χ3n) is 5.80. The number of rotatable bonds is 8. The van der Waals surface area contributed by atoms with Gasteiger partial charge in [0.05, 0.1) is 7.11 Å². The lowest BCUT2D eigenvalue weighted by molar-refractivity contribution is -0.153. The molecule has 2 aromatic rings. The molecule has 2 aromatic carbocycles. The summed E-state index contributed by atoms with van der Waals surface area (Å²) in [6, 6.07) is 9.96. The molecule has 0 saturated heterocycles. The summed E-state index contributed by atoms with van der Waals surface area (Å²) in [5.74, 6) is -2.05. The van der Waals surface area contributed by atoms with Crippen molar-refractivity contribution < 1.29 is 37.0 Å². The van der Waals surface area contributed by atoms with Crippen LogP contribution in [0, 0.1) is 19.8 Å². The van der Waals surface area contributed by atoms with E-state index in [1.807, 2.05) is 12.1 Å². The molecular weight excluding hydrogens is 451 g/mol. The molecule has 1 aliphatic rings. The highest BCUT2D eigenvalue weighted by Crippen LogP contribution is 2.38. The van der Waals surface area contributed by atoms with Gasteiger partial charge in [0.15, 0.2) is 12.4 Å². The number of hydrogen-bond donors (Lipinski definition) is 1. The van der Waals surface area contributed by atoms with Crippen LogP contribution in [0.25, 0.3) is 0 Å². The first-order valence-electron chi connectivity index (χ1n) is 10.7. The number of nitrogens with one attached hydrogen (secondary N) is 1. The second kappa shape index (κ2) is 10.3. The molecule has 1 aliphatic carbocycles. The Morgan fingerprint density at radius 3 is 2.24 bits per heavy atom. The molecule has 1 amide bonds. The van der Waals surface area contributed by atoms with Gasteiger partial charge in [0, 0.05) is 25.3 Å². The van der Waals surface area contributed by atoms with Gasteiger partial charge in [-0.05, 0) is 60.4 Å². The number of carbonyl (C=O) groups is 3. The number of hydrogen-bond acceptors (Lipinski definition) is 5. The van der Waals surface area contributed by atoms with Crippen molar-refractivity contribution in [3.63, 3.8) is 0 Å². The van der Waals surface area contributed by atoms with E-state index in [4.69, 9.17) is 9.47 Å². The number of alkyl halides is 3. The van der Waals surface area contributed by atoms with Gasteiger partial charge in [-0.25, -0.2) is 0 Å². The van der Waals surface area contributed by atoms with Crippen LogP contribution in [0.4, 0.5) is 13.2 Å². The first kappa shape index (κ1) is 25.3. The standard InChI is InChI=1S/C25H26F3NO5/c1-14-8-19(34-13-25(26,27)28)9-15(2)22(14)23-20(30)10-17(24(23)32)11-21(31)29-12-16-4-6-18(33-3)7-5-16/h4-9,17,23H,10-13H2,1-3H3,(H,29,31). The summed E-state index contributed by atoms with van der Waals surface area (Å²) in [6.07, 6.45) is -4.63. The molecule has 2 atom stereocenters. The van der Waals surface area contributed by atoms with E-state index in [9.17, 15) is 27.6 Å². The molecule has 6 nitrogen and oxygen atoms in total. The van der Waals surface area contributed by atoms with Crippen LogP contribution in [0.1, 0.15) is 41.0 Å². The topological polar surface area (TPSA) is 81.7 Å². The smallest absolute Gasteiger partial charge is 0.422 e. The van der Waals surface area contributed by atoms with E-state index in [1.54, 1.807) is 33.1 Å². The number of ether oxygens (including phenoxy) is 2. The van der Waals surface area contributed by atoms with E-state index >= 15 is 0 Å². The fraction of sp³-hybridized carbons (Fsp3) is 0.400. The van der Waals surface area contributed by atoms with E-state index in [0.29, 0.717) is 22.4 Å². The van der Waals surface area contributed by atoms with Gasteiger partial charge in [-0.1, -0.05) is 12.1 Å². The number of carbonyl (C=O) groups excluding carboxylic acids is 3. The second-order valence-corrected chi connectivity index (χ2v) is 8.41. The molecule has 9 heteroatoms. The Bertz CT molecular complexity index is 1060. The average molecular weight is 477 g/mol. The fourth-order valence-corrected chi connectivity index (χ4v) is 4.21. The van der Waals surface area contributed by atoms with Crippen LogP contribution < -0.4 is 14.8 Å². The van der Waals surface area contributed by atoms with Crippen molar-refractivity contribution in [2.75, 3.05) is 13.7 Å². The maximum Gasteiger partial charge on any atom is 0.422 e. The number of ketones is 2. The summed E-state index contributed by atoms with van der Waals surface area (Å²) in [7, 11) is 1.56. The van der Waals surface area contributed by atoms with Gasteiger partial charge >= 0.3 is 6.18 Å². The molecule has 2 unspecified atom stereocenters. The van der Waals surface area contributed by atoms with Crippen LogP contribution in [-0.2, 0) is 20.9 Å². The zero-order valence-electron chi connectivity index (χ0n) is 19.1. The van der Waals surface area contributed by atoms with Crippen molar-refractivity contribution in [2.45, 2.75) is 45.3 Å². The van der Waals surface area contributed by atoms with Crippen molar-refractivity contribution in [3.05, 3.63) is 58.7 Å². The number of Topliss-reactive ketones (excluding diaryl/α,β-unsaturated/α-hetero) is 2. The summed E-state index contributed by atoms with van der Waals surface area (Å²) in [6.45, 7) is 2.09. The van der Waals surface area contributed by atoms with Crippen LogP contribution in [-0.4, -0.2) is 37.4 Å². The minimum Gasteiger partial charge on any atom is -0.497 e. The first-order valence-corrected chi connectivity index (χ1v) is 10.7. The van der Waals surface area contributed by atoms with Gasteiger partial charge in [-0.3, -0.25) is 14.4 Å². The summed E-state index contributed by atoms with van der Waals surface area (Å²) in [4.78, 5) is 38.2. The van der Waals surface area contributed by atoms with Crippen molar-refractivity contribution in [3.8, 4) is 11.5 Å². The Balaban J connectivity index is 1.65. The van der Waals surface area contributed by atoms with E-state index in [-0.39, 0.29) is 42.6 Å². The highest BCUT2D eigenvalue weighted by atomic mass is 19.4. The minimum absolute atomic E-state index is 0.0171. The number of benzene rings is 2. The summed E-state index contributed by atoms with van der Waals surface area (Å²) < 4.78 is 47.2. The normalized spacial score (nSPS) is 18.2. The average Bonchev–Trinajstić information content (AvgIpc) is 3.03. The molecule has 1 saturated carbocycles. The molecule has 0 aromatic heterocycles. The maximum atomic E-state index is 13.0. The Morgan fingerprint density at radius 1 is 1.06 bits per heavy atom. The zero-order valence-corrected chi connectivity index (χ0v) is 19.1. The summed E-state index contributed by atoms with van der Waals surface area (Å²) in [5.41, 5.74) is 2.32. The van der Waals surface area contributed by atoms with Crippen LogP contribution in [0.3, 0.4) is 0 Å². The highest BCUT2D eigenvalue weighted by molar-refractivity contribution is 6.15. The predicted molar refractivity (Wildman–Crippen MR) is 118 cm³/mol. The lowest BCUT2D eigenvalue weighted by atomic mass is 9.87. The summed E-state index contributed by atoms with van der Waals surface area (Å²) >= 11 is 0. The molecule has 0 radical (unpaired) electrons. The van der Waals surface area contributed by atoms with E-state index in [1.165, 1.54) is 12.1 Å². The third kappa shape index (κ3) is 6.15. The van der Waals surface area contributed by atoms with Crippen molar-refractivity contribution >= 4 is 17.5 Å². The van der Waals surface area contributed by atoms with Gasteiger partial charge in [0.1, 0.15) is 23.2 Å². The van der Waals surface area contributed by atoms with Crippen LogP contribution >= 0.6 is 0 Å². The van der Waals surface area contributed by atoms with Crippen molar-refractivity contribution in [1.82, 2.24) is 5.32 Å². The van der Waals surface area contributed by atoms with Gasteiger partial charge < -0.3 is 14.8 Å². The molecule has 0 heterocycles. The quantitative estimate of drug-likeness (QED) is 0.577. The SMILES string of the molecule is COc1ccc(CNC(=O)CC2CC(=O)C(c3c(C)cc(OCC(F)(F)F)cc3C)C2=O)cc1. The number of methoxy groups -OCH3 is 1. The number of halogens is 3. The van der Waals surface area contributed by atoms with Crippen molar-refractivity contribution in [1.29, 1.82) is 0 Å². The molecular formula is C25H26F3NO5. The molecule has 182 valence electrons. The lowest BCUT2D eigenvalue weighted by Gasteiger charge is -2.18.